The molecule has 3 aromatic heterocycles. The van der Waals surface area contributed by atoms with Crippen LogP contribution in [0.25, 0.3) is 11.2 Å². The third-order valence-corrected chi connectivity index (χ3v) is 6.47. The number of aryl methyl sites for hydroxylation is 1. The SMILES string of the molecule is Cn1cnc2ncn(Cc3nc(C4C5CN(c6cccc(C(F)F)c6)CC54)no3)c(=O)c21. The number of piperidine rings is 1. The van der Waals surface area contributed by atoms with Crippen LogP contribution in [0.3, 0.4) is 0 Å². The summed E-state index contributed by atoms with van der Waals surface area (Å²) in [5.74, 6) is 1.91. The fourth-order valence-corrected chi connectivity index (χ4v) is 4.78. The predicted octanol–water partition coefficient (Wildman–Crippen LogP) is 2.35. The van der Waals surface area contributed by atoms with Gasteiger partial charge in [0.2, 0.25) is 5.89 Å². The maximum absolute atomic E-state index is 13.0. The van der Waals surface area contributed by atoms with Crippen molar-refractivity contribution in [1.82, 2.24) is 29.2 Å². The monoisotopic (exact) mass is 439 g/mol. The molecule has 0 spiro atoms. The van der Waals surface area contributed by atoms with E-state index in [0.717, 1.165) is 18.8 Å². The van der Waals surface area contributed by atoms with Gasteiger partial charge in [0, 0.05) is 37.3 Å². The van der Waals surface area contributed by atoms with Crippen molar-refractivity contribution in [2.24, 2.45) is 18.9 Å². The van der Waals surface area contributed by atoms with Crippen molar-refractivity contribution < 1.29 is 13.3 Å². The van der Waals surface area contributed by atoms with Crippen LogP contribution in [0.5, 0.6) is 0 Å². The van der Waals surface area contributed by atoms with Gasteiger partial charge in [-0.05, 0) is 24.0 Å². The van der Waals surface area contributed by atoms with Gasteiger partial charge in [-0.25, -0.2) is 18.7 Å². The van der Waals surface area contributed by atoms with Gasteiger partial charge >= 0.3 is 0 Å². The molecular weight excluding hydrogens is 420 g/mol. The average Bonchev–Trinajstić information content (AvgIpc) is 3.21. The summed E-state index contributed by atoms with van der Waals surface area (Å²) in [5.41, 5.74) is 1.45. The Hall–Kier alpha value is -3.63. The zero-order valence-corrected chi connectivity index (χ0v) is 17.1. The van der Waals surface area contributed by atoms with E-state index in [1.165, 1.54) is 17.0 Å². The predicted molar refractivity (Wildman–Crippen MR) is 110 cm³/mol. The number of fused-ring (bicyclic) bond motifs is 2. The van der Waals surface area contributed by atoms with Crippen molar-refractivity contribution in [2.45, 2.75) is 18.9 Å². The van der Waals surface area contributed by atoms with Gasteiger partial charge in [0.15, 0.2) is 17.0 Å². The number of anilines is 1. The second kappa shape index (κ2) is 6.94. The minimum absolute atomic E-state index is 0.0384. The van der Waals surface area contributed by atoms with E-state index in [-0.39, 0.29) is 23.6 Å². The average molecular weight is 439 g/mol. The summed E-state index contributed by atoms with van der Waals surface area (Å²) in [6.07, 6.45) is 0.505. The second-order valence-electron chi connectivity index (χ2n) is 8.41. The minimum Gasteiger partial charge on any atom is -0.371 e. The number of benzene rings is 1. The van der Waals surface area contributed by atoms with E-state index < -0.39 is 6.43 Å². The summed E-state index contributed by atoms with van der Waals surface area (Å²) in [4.78, 5) is 27.6. The lowest BCUT2D eigenvalue weighted by Gasteiger charge is -2.22. The Morgan fingerprint density at radius 2 is 1.97 bits per heavy atom. The number of aromatic nitrogens is 6. The number of alkyl halides is 2. The van der Waals surface area contributed by atoms with Crippen molar-refractivity contribution in [3.63, 3.8) is 0 Å². The van der Waals surface area contributed by atoms with Crippen LogP contribution in [0.4, 0.5) is 14.5 Å². The zero-order valence-electron chi connectivity index (χ0n) is 17.1. The smallest absolute Gasteiger partial charge is 0.280 e. The molecule has 1 aliphatic heterocycles. The van der Waals surface area contributed by atoms with E-state index >= 15 is 0 Å². The number of nitrogens with zero attached hydrogens (tertiary/aromatic N) is 7. The molecule has 1 saturated carbocycles. The van der Waals surface area contributed by atoms with Gasteiger partial charge in [0.05, 0.1) is 6.33 Å². The van der Waals surface area contributed by atoms with Crippen LogP contribution in [-0.2, 0) is 13.6 Å². The van der Waals surface area contributed by atoms with Crippen LogP contribution in [0.1, 0.15) is 29.6 Å². The van der Waals surface area contributed by atoms with Crippen LogP contribution in [0.2, 0.25) is 0 Å². The number of rotatable bonds is 5. The summed E-state index contributed by atoms with van der Waals surface area (Å²) in [7, 11) is 1.74. The topological polar surface area (TPSA) is 94.9 Å². The first-order valence-electron chi connectivity index (χ1n) is 10.3. The van der Waals surface area contributed by atoms with E-state index in [1.807, 2.05) is 6.07 Å². The molecule has 0 bridgehead atoms. The molecule has 0 amide bonds. The molecule has 2 atom stereocenters. The summed E-state index contributed by atoms with van der Waals surface area (Å²) in [6.45, 7) is 1.67. The van der Waals surface area contributed by atoms with E-state index in [2.05, 4.69) is 25.0 Å². The molecule has 9 nitrogen and oxygen atoms in total. The molecule has 164 valence electrons. The Kier molecular flexibility index (Phi) is 4.14. The summed E-state index contributed by atoms with van der Waals surface area (Å²) in [6, 6.07) is 6.54. The number of halogens is 2. The van der Waals surface area contributed by atoms with E-state index in [9.17, 15) is 13.6 Å². The molecule has 4 heterocycles. The Balaban J connectivity index is 1.15. The lowest BCUT2D eigenvalue weighted by molar-refractivity contribution is 0.151. The molecule has 11 heteroatoms. The van der Waals surface area contributed by atoms with Crippen molar-refractivity contribution >= 4 is 16.9 Å². The van der Waals surface area contributed by atoms with Gasteiger partial charge in [-0.3, -0.25) is 9.36 Å². The molecule has 1 aromatic carbocycles. The highest BCUT2D eigenvalue weighted by Crippen LogP contribution is 2.58. The lowest BCUT2D eigenvalue weighted by atomic mass is 10.1. The fourth-order valence-electron chi connectivity index (χ4n) is 4.78. The third-order valence-electron chi connectivity index (χ3n) is 6.47. The minimum atomic E-state index is -2.47. The van der Waals surface area contributed by atoms with Gasteiger partial charge in [-0.2, -0.15) is 4.98 Å². The first kappa shape index (κ1) is 19.1. The molecule has 2 fully saturated rings. The van der Waals surface area contributed by atoms with Crippen LogP contribution in [-0.4, -0.2) is 42.3 Å². The van der Waals surface area contributed by atoms with Crippen molar-refractivity contribution in [2.75, 3.05) is 18.0 Å². The van der Waals surface area contributed by atoms with Gasteiger partial charge in [0.1, 0.15) is 12.9 Å². The van der Waals surface area contributed by atoms with Crippen LogP contribution in [0, 0.1) is 11.8 Å². The highest BCUT2D eigenvalue weighted by Gasteiger charge is 2.58. The zero-order chi connectivity index (χ0) is 22.0. The maximum Gasteiger partial charge on any atom is 0.280 e. The van der Waals surface area contributed by atoms with Crippen LogP contribution in [0.15, 0.2) is 46.2 Å². The van der Waals surface area contributed by atoms with Gasteiger partial charge in [0.25, 0.3) is 12.0 Å². The van der Waals surface area contributed by atoms with Crippen molar-refractivity contribution in [3.05, 3.63) is 64.6 Å². The molecule has 1 aliphatic carbocycles. The third kappa shape index (κ3) is 2.99. The van der Waals surface area contributed by atoms with E-state index in [4.69, 9.17) is 4.52 Å². The van der Waals surface area contributed by atoms with Gasteiger partial charge in [-0.1, -0.05) is 17.3 Å². The summed E-state index contributed by atoms with van der Waals surface area (Å²) in [5, 5.41) is 4.13. The second-order valence-corrected chi connectivity index (χ2v) is 8.41. The highest BCUT2D eigenvalue weighted by molar-refractivity contribution is 5.68. The molecule has 1 saturated heterocycles. The molecule has 0 N–H and O–H groups in total. The summed E-state index contributed by atoms with van der Waals surface area (Å²) >= 11 is 0. The molecule has 0 radical (unpaired) electrons. The Morgan fingerprint density at radius 3 is 2.75 bits per heavy atom. The summed E-state index contributed by atoms with van der Waals surface area (Å²) < 4.78 is 34.4. The molecule has 6 rings (SSSR count). The Morgan fingerprint density at radius 1 is 1.19 bits per heavy atom. The Bertz CT molecular complexity index is 1370. The molecule has 2 unspecified atom stereocenters. The quantitative estimate of drug-likeness (QED) is 0.471. The first-order valence-corrected chi connectivity index (χ1v) is 10.3. The van der Waals surface area contributed by atoms with Crippen molar-refractivity contribution in [1.29, 1.82) is 0 Å². The number of hydrogen-bond acceptors (Lipinski definition) is 7. The first-order chi connectivity index (χ1) is 15.5. The number of imidazole rings is 1. The van der Waals surface area contributed by atoms with Crippen LogP contribution >= 0.6 is 0 Å². The number of hydrogen-bond donors (Lipinski definition) is 0. The Labute approximate surface area is 180 Å². The standard InChI is InChI=1S/C21H19F2N7O2/c1-28-9-24-20-17(28)21(31)30(10-25-20)8-15-26-19(27-32-15)16-13-6-29(7-14(13)16)12-4-2-3-11(5-12)18(22)23/h2-5,9-10,13-14,16,18H,6-8H2,1H3. The molecule has 2 aliphatic rings. The van der Waals surface area contributed by atoms with E-state index in [0.29, 0.717) is 34.7 Å². The van der Waals surface area contributed by atoms with Crippen LogP contribution < -0.4 is 10.5 Å². The molecule has 4 aromatic rings. The largest absolute Gasteiger partial charge is 0.371 e. The van der Waals surface area contributed by atoms with Crippen molar-refractivity contribution in [3.8, 4) is 0 Å². The van der Waals surface area contributed by atoms with Gasteiger partial charge in [-0.15, -0.1) is 0 Å². The van der Waals surface area contributed by atoms with E-state index in [1.54, 1.807) is 30.1 Å². The normalized spacial score (nSPS) is 22.1. The maximum atomic E-state index is 13.0. The molecule has 32 heavy (non-hydrogen) atoms. The lowest BCUT2D eigenvalue weighted by Crippen LogP contribution is -2.24. The fraction of sp³-hybridized carbons (Fsp3) is 0.381. The highest BCUT2D eigenvalue weighted by atomic mass is 19.3. The molecular formula is C21H19F2N7O2. The van der Waals surface area contributed by atoms with Gasteiger partial charge < -0.3 is 14.0 Å².